The van der Waals surface area contributed by atoms with Crippen molar-refractivity contribution in [2.24, 2.45) is 5.73 Å². The molecule has 0 aliphatic carbocycles. The number of carbonyl (C=O) groups is 3. The fourth-order valence-electron chi connectivity index (χ4n) is 3.67. The van der Waals surface area contributed by atoms with Gasteiger partial charge in [0, 0.05) is 12.5 Å². The molecular formula is C25H26N4O7S. The second kappa shape index (κ2) is 11.2. The molecule has 2 amide bonds. The first-order valence-corrected chi connectivity index (χ1v) is 12.4. The number of sulfonamides is 1. The number of fused-ring (bicyclic) bond motifs is 1. The molecule has 1 aliphatic rings. The Bertz CT molecular complexity index is 1470. The molecular weight excluding hydrogens is 500 g/mol. The molecule has 3 aromatic carbocycles. The van der Waals surface area contributed by atoms with Crippen molar-refractivity contribution >= 4 is 44.4 Å². The van der Waals surface area contributed by atoms with Crippen LogP contribution in [0.3, 0.4) is 0 Å². The summed E-state index contributed by atoms with van der Waals surface area (Å²) < 4.78 is 32.5. The summed E-state index contributed by atoms with van der Waals surface area (Å²) >= 11 is 0. The van der Waals surface area contributed by atoms with Gasteiger partial charge in [-0.15, -0.1) is 0 Å². The molecule has 12 heteroatoms. The molecule has 0 radical (unpaired) electrons. The van der Waals surface area contributed by atoms with E-state index in [-0.39, 0.29) is 17.3 Å². The molecule has 1 saturated heterocycles. The maximum Gasteiger partial charge on any atom is 0.300 e. The lowest BCUT2D eigenvalue weighted by molar-refractivity contribution is -0.149. The highest BCUT2D eigenvalue weighted by atomic mass is 32.2. The monoisotopic (exact) mass is 526 g/mol. The number of benzene rings is 3. The SMILES string of the molecule is CC(=O)O.COc1ccc2ccc(S(=O)(=O)N3CC(=O)N(Cc4cccc(C(=N)N)c4)C(=O)C3)cc2c1. The zero-order valence-corrected chi connectivity index (χ0v) is 21.0. The number of carboxylic acids is 1. The van der Waals surface area contributed by atoms with Gasteiger partial charge in [-0.3, -0.25) is 24.7 Å². The fraction of sp³-hybridized carbons (Fsp3) is 0.200. The first-order valence-electron chi connectivity index (χ1n) is 11.0. The lowest BCUT2D eigenvalue weighted by atomic mass is 10.1. The maximum absolute atomic E-state index is 13.2. The van der Waals surface area contributed by atoms with E-state index in [0.717, 1.165) is 21.5 Å². The molecule has 3 aromatic rings. The molecule has 0 aromatic heterocycles. The van der Waals surface area contributed by atoms with Crippen LogP contribution in [0.4, 0.5) is 0 Å². The molecule has 0 spiro atoms. The van der Waals surface area contributed by atoms with Crippen LogP contribution in [0.15, 0.2) is 65.6 Å². The van der Waals surface area contributed by atoms with Gasteiger partial charge in [-0.05, 0) is 46.7 Å². The van der Waals surface area contributed by atoms with Crippen molar-refractivity contribution in [2.45, 2.75) is 18.4 Å². The van der Waals surface area contributed by atoms with E-state index in [9.17, 15) is 18.0 Å². The molecule has 1 fully saturated rings. The van der Waals surface area contributed by atoms with Crippen molar-refractivity contribution in [3.63, 3.8) is 0 Å². The number of rotatable bonds is 6. The fourth-order valence-corrected chi connectivity index (χ4v) is 5.05. The van der Waals surface area contributed by atoms with Crippen LogP contribution >= 0.6 is 0 Å². The van der Waals surface area contributed by atoms with Crippen molar-refractivity contribution < 1.29 is 32.6 Å². The molecule has 0 saturated carbocycles. The highest BCUT2D eigenvalue weighted by Gasteiger charge is 2.37. The van der Waals surface area contributed by atoms with Crippen LogP contribution in [0.25, 0.3) is 10.8 Å². The number of piperazine rings is 1. The number of aliphatic carboxylic acids is 1. The molecule has 0 unspecified atom stereocenters. The van der Waals surface area contributed by atoms with E-state index in [1.165, 1.54) is 19.2 Å². The van der Waals surface area contributed by atoms with Gasteiger partial charge in [-0.2, -0.15) is 4.31 Å². The number of amidine groups is 1. The van der Waals surface area contributed by atoms with Crippen molar-refractivity contribution in [3.8, 4) is 5.75 Å². The zero-order valence-electron chi connectivity index (χ0n) is 20.2. The third-order valence-electron chi connectivity index (χ3n) is 5.46. The van der Waals surface area contributed by atoms with Crippen LogP contribution < -0.4 is 10.5 Å². The predicted octanol–water partition coefficient (Wildman–Crippen LogP) is 1.78. The third kappa shape index (κ3) is 6.48. The molecule has 194 valence electrons. The van der Waals surface area contributed by atoms with Crippen LogP contribution in [-0.4, -0.2) is 66.5 Å². The molecule has 37 heavy (non-hydrogen) atoms. The molecule has 11 nitrogen and oxygen atoms in total. The number of nitrogen functional groups attached to an aromatic ring is 1. The Morgan fingerprint density at radius 3 is 2.24 bits per heavy atom. The number of methoxy groups -OCH3 is 1. The molecule has 1 heterocycles. The third-order valence-corrected chi connectivity index (χ3v) is 7.25. The maximum atomic E-state index is 13.2. The number of nitrogens with two attached hydrogens (primary N) is 1. The van der Waals surface area contributed by atoms with Crippen LogP contribution in [0, 0.1) is 5.41 Å². The smallest absolute Gasteiger partial charge is 0.300 e. The summed E-state index contributed by atoms with van der Waals surface area (Å²) in [5.74, 6) is -1.61. The Labute approximate surface area is 213 Å². The van der Waals surface area contributed by atoms with E-state index >= 15 is 0 Å². The van der Waals surface area contributed by atoms with Gasteiger partial charge < -0.3 is 15.6 Å². The van der Waals surface area contributed by atoms with Crippen molar-refractivity contribution in [1.82, 2.24) is 9.21 Å². The van der Waals surface area contributed by atoms with E-state index in [1.54, 1.807) is 42.5 Å². The number of ether oxygens (including phenoxy) is 1. The Hall–Kier alpha value is -4.29. The van der Waals surface area contributed by atoms with Gasteiger partial charge in [0.1, 0.15) is 11.6 Å². The number of hydrogen-bond donors (Lipinski definition) is 3. The normalized spacial score (nSPS) is 14.2. The topological polar surface area (TPSA) is 171 Å². The van der Waals surface area contributed by atoms with Crippen LogP contribution in [0.2, 0.25) is 0 Å². The quantitative estimate of drug-likeness (QED) is 0.248. The summed E-state index contributed by atoms with van der Waals surface area (Å²) in [5.41, 5.74) is 6.59. The predicted molar refractivity (Wildman–Crippen MR) is 136 cm³/mol. The highest BCUT2D eigenvalue weighted by Crippen LogP contribution is 2.26. The second-order valence-electron chi connectivity index (χ2n) is 8.15. The minimum Gasteiger partial charge on any atom is -0.497 e. The van der Waals surface area contributed by atoms with Crippen molar-refractivity contribution in [1.29, 1.82) is 5.41 Å². The van der Waals surface area contributed by atoms with Gasteiger partial charge in [0.05, 0.1) is 31.6 Å². The Balaban J connectivity index is 0.000000886. The number of hydrogen-bond acceptors (Lipinski definition) is 7. The van der Waals surface area contributed by atoms with Crippen LogP contribution in [0.5, 0.6) is 5.75 Å². The minimum absolute atomic E-state index is 0.00791. The Morgan fingerprint density at radius 1 is 1.03 bits per heavy atom. The summed E-state index contributed by atoms with van der Waals surface area (Å²) in [6.07, 6.45) is 0. The Kier molecular flexibility index (Phi) is 8.25. The molecule has 0 bridgehead atoms. The minimum atomic E-state index is -4.07. The van der Waals surface area contributed by atoms with E-state index in [2.05, 4.69) is 0 Å². The first-order chi connectivity index (χ1) is 17.4. The van der Waals surface area contributed by atoms with Crippen molar-refractivity contribution in [3.05, 3.63) is 71.8 Å². The van der Waals surface area contributed by atoms with Gasteiger partial charge in [-0.25, -0.2) is 8.42 Å². The lowest BCUT2D eigenvalue weighted by Crippen LogP contribution is -2.55. The summed E-state index contributed by atoms with van der Waals surface area (Å²) in [6.45, 7) is 0.162. The van der Waals surface area contributed by atoms with E-state index < -0.39 is 40.9 Å². The van der Waals surface area contributed by atoms with E-state index in [1.807, 2.05) is 6.07 Å². The van der Waals surface area contributed by atoms with E-state index in [4.69, 9.17) is 25.8 Å². The standard InChI is InChI=1S/C23H22N4O5S.C2H4O2/c1-32-19-7-5-16-6-8-20(11-18(16)10-19)33(30,31)26-13-21(28)27(22(29)14-26)12-15-3-2-4-17(9-15)23(24)25;1-2(3)4/h2-11H,12-14H2,1H3,(H3,24,25);1H3,(H,3,4). The van der Waals surface area contributed by atoms with Crippen molar-refractivity contribution in [2.75, 3.05) is 20.2 Å². The van der Waals surface area contributed by atoms with E-state index in [0.29, 0.717) is 22.3 Å². The number of amides is 2. The number of carboxylic acid groups (broad SMARTS) is 1. The van der Waals surface area contributed by atoms with Gasteiger partial charge in [0.2, 0.25) is 21.8 Å². The summed E-state index contributed by atoms with van der Waals surface area (Å²) in [6, 6.07) is 16.6. The number of nitrogens with one attached hydrogen (secondary N) is 1. The second-order valence-corrected chi connectivity index (χ2v) is 10.1. The highest BCUT2D eigenvalue weighted by molar-refractivity contribution is 7.89. The summed E-state index contributed by atoms with van der Waals surface area (Å²) in [5, 5.41) is 16.4. The lowest BCUT2D eigenvalue weighted by Gasteiger charge is -2.32. The zero-order chi connectivity index (χ0) is 27.3. The largest absolute Gasteiger partial charge is 0.497 e. The van der Waals surface area contributed by atoms with Crippen LogP contribution in [-0.2, 0) is 31.0 Å². The van der Waals surface area contributed by atoms with Gasteiger partial charge in [0.25, 0.3) is 5.97 Å². The average Bonchev–Trinajstić information content (AvgIpc) is 2.85. The number of nitrogens with zero attached hydrogens (tertiary/aromatic N) is 2. The van der Waals surface area contributed by atoms with Crippen LogP contribution in [0.1, 0.15) is 18.1 Å². The molecule has 4 N–H and O–H groups in total. The summed E-state index contributed by atoms with van der Waals surface area (Å²) in [4.78, 5) is 35.5. The molecule has 1 aliphatic heterocycles. The Morgan fingerprint density at radius 2 is 1.65 bits per heavy atom. The van der Waals surface area contributed by atoms with Gasteiger partial charge in [0.15, 0.2) is 0 Å². The number of carbonyl (C=O) groups excluding carboxylic acids is 2. The van der Waals surface area contributed by atoms with Gasteiger partial charge >= 0.3 is 0 Å². The number of imide groups is 1. The molecule has 0 atom stereocenters. The van der Waals surface area contributed by atoms with Gasteiger partial charge in [-0.1, -0.05) is 30.3 Å². The molecule has 4 rings (SSSR count). The average molecular weight is 527 g/mol. The first kappa shape index (κ1) is 27.3. The summed E-state index contributed by atoms with van der Waals surface area (Å²) in [7, 11) is -2.55.